The van der Waals surface area contributed by atoms with Gasteiger partial charge in [0.15, 0.2) is 0 Å². The maximum absolute atomic E-state index is 4.26. The Morgan fingerprint density at radius 1 is 0.950 bits per heavy atom. The average Bonchev–Trinajstić information content (AvgIpc) is 2.97. The lowest BCUT2D eigenvalue weighted by molar-refractivity contribution is 1.04. The summed E-state index contributed by atoms with van der Waals surface area (Å²) < 4.78 is 2.09. The largest absolute Gasteiger partial charge is 0.300 e. The second-order valence-corrected chi connectivity index (χ2v) is 4.72. The van der Waals surface area contributed by atoms with Crippen molar-refractivity contribution in [1.29, 1.82) is 0 Å². The summed E-state index contributed by atoms with van der Waals surface area (Å²) in [5.41, 5.74) is 4.66. The molecular weight excluding hydrogens is 244 g/mol. The fraction of sp³-hybridized carbons (Fsp3) is 0.0556. The van der Waals surface area contributed by atoms with Crippen LogP contribution < -0.4 is 0 Å². The highest BCUT2D eigenvalue weighted by Crippen LogP contribution is 2.19. The number of para-hydroxylation sites is 1. The Morgan fingerprint density at radius 3 is 2.30 bits per heavy atom. The zero-order valence-electron chi connectivity index (χ0n) is 11.4. The Labute approximate surface area is 119 Å². The van der Waals surface area contributed by atoms with Crippen molar-refractivity contribution in [2.45, 2.75) is 6.92 Å². The maximum Gasteiger partial charge on any atom is 0.0996 e. The molecule has 0 saturated carbocycles. The molecule has 1 aromatic heterocycles. The minimum absolute atomic E-state index is 1.08. The van der Waals surface area contributed by atoms with Gasteiger partial charge in [0, 0.05) is 5.69 Å². The average molecular weight is 260 g/mol. The quantitative estimate of drug-likeness (QED) is 0.681. The predicted molar refractivity (Wildman–Crippen MR) is 83.6 cm³/mol. The van der Waals surface area contributed by atoms with Gasteiger partial charge >= 0.3 is 0 Å². The zero-order valence-corrected chi connectivity index (χ0v) is 11.4. The van der Waals surface area contributed by atoms with Gasteiger partial charge in [0.2, 0.25) is 0 Å². The molecule has 0 N–H and O–H groups in total. The SMILES string of the molecule is C/C(=C\c1cncn1-c1ccccc1)c1ccccc1. The Hall–Kier alpha value is -2.61. The van der Waals surface area contributed by atoms with Gasteiger partial charge in [-0.3, -0.25) is 4.57 Å². The summed E-state index contributed by atoms with van der Waals surface area (Å²) in [6.07, 6.45) is 5.90. The molecule has 3 aromatic rings. The van der Waals surface area contributed by atoms with Gasteiger partial charge in [-0.1, -0.05) is 48.5 Å². The molecule has 98 valence electrons. The van der Waals surface area contributed by atoms with E-state index < -0.39 is 0 Å². The summed E-state index contributed by atoms with van der Waals surface area (Å²) in [6, 6.07) is 20.6. The molecule has 0 unspecified atom stereocenters. The van der Waals surface area contributed by atoms with Crippen molar-refractivity contribution in [2.75, 3.05) is 0 Å². The van der Waals surface area contributed by atoms with E-state index in [1.807, 2.05) is 36.8 Å². The van der Waals surface area contributed by atoms with E-state index in [1.54, 1.807) is 0 Å². The van der Waals surface area contributed by atoms with E-state index in [9.17, 15) is 0 Å². The topological polar surface area (TPSA) is 17.8 Å². The van der Waals surface area contributed by atoms with Crippen molar-refractivity contribution in [3.63, 3.8) is 0 Å². The third kappa shape index (κ3) is 2.54. The van der Waals surface area contributed by atoms with Crippen molar-refractivity contribution in [1.82, 2.24) is 9.55 Å². The number of allylic oxidation sites excluding steroid dienone is 1. The summed E-state index contributed by atoms with van der Waals surface area (Å²) in [7, 11) is 0. The molecule has 0 fully saturated rings. The molecule has 1 heterocycles. The number of benzene rings is 2. The van der Waals surface area contributed by atoms with Crippen LogP contribution >= 0.6 is 0 Å². The number of nitrogens with zero attached hydrogens (tertiary/aromatic N) is 2. The van der Waals surface area contributed by atoms with E-state index >= 15 is 0 Å². The molecule has 0 aliphatic rings. The molecule has 0 aliphatic heterocycles. The van der Waals surface area contributed by atoms with E-state index in [4.69, 9.17) is 0 Å². The Bertz CT molecular complexity index is 709. The van der Waals surface area contributed by atoms with Crippen LogP contribution in [0.4, 0.5) is 0 Å². The second kappa shape index (κ2) is 5.57. The number of hydrogen-bond donors (Lipinski definition) is 0. The van der Waals surface area contributed by atoms with Gasteiger partial charge < -0.3 is 0 Å². The molecule has 2 heteroatoms. The molecule has 0 atom stereocenters. The Kier molecular flexibility index (Phi) is 3.46. The van der Waals surface area contributed by atoms with Crippen LogP contribution in [0.1, 0.15) is 18.2 Å². The first-order chi connectivity index (χ1) is 9.84. The molecule has 2 nitrogen and oxygen atoms in total. The van der Waals surface area contributed by atoms with Gasteiger partial charge in [-0.15, -0.1) is 0 Å². The van der Waals surface area contributed by atoms with Crippen LogP contribution in [0.2, 0.25) is 0 Å². The molecule has 0 saturated heterocycles. The molecule has 0 spiro atoms. The molecule has 0 amide bonds. The van der Waals surface area contributed by atoms with E-state index in [0.717, 1.165) is 11.4 Å². The fourth-order valence-electron chi connectivity index (χ4n) is 2.22. The maximum atomic E-state index is 4.26. The first kappa shape index (κ1) is 12.4. The van der Waals surface area contributed by atoms with Gasteiger partial charge in [0.25, 0.3) is 0 Å². The minimum Gasteiger partial charge on any atom is -0.300 e. The van der Waals surface area contributed by atoms with Crippen molar-refractivity contribution in [3.05, 3.63) is 84.4 Å². The molecule has 2 aromatic carbocycles. The van der Waals surface area contributed by atoms with Crippen LogP contribution in [-0.4, -0.2) is 9.55 Å². The summed E-state index contributed by atoms with van der Waals surface area (Å²) in [4.78, 5) is 4.26. The van der Waals surface area contributed by atoms with Crippen LogP contribution in [0.25, 0.3) is 17.3 Å². The fourth-order valence-corrected chi connectivity index (χ4v) is 2.22. The van der Waals surface area contributed by atoms with Gasteiger partial charge in [-0.25, -0.2) is 4.98 Å². The molecule has 0 bridgehead atoms. The number of imidazole rings is 1. The zero-order chi connectivity index (χ0) is 13.8. The Morgan fingerprint density at radius 2 is 1.60 bits per heavy atom. The van der Waals surface area contributed by atoms with Crippen molar-refractivity contribution in [3.8, 4) is 5.69 Å². The molecule has 0 aliphatic carbocycles. The number of rotatable bonds is 3. The Balaban J connectivity index is 1.99. The summed E-state index contributed by atoms with van der Waals surface area (Å²) in [6.45, 7) is 2.12. The lowest BCUT2D eigenvalue weighted by atomic mass is 10.1. The summed E-state index contributed by atoms with van der Waals surface area (Å²) >= 11 is 0. The normalized spacial score (nSPS) is 11.6. The third-order valence-corrected chi connectivity index (χ3v) is 3.29. The van der Waals surface area contributed by atoms with Gasteiger partial charge in [-0.2, -0.15) is 0 Å². The van der Waals surface area contributed by atoms with Crippen LogP contribution in [0.15, 0.2) is 73.2 Å². The monoisotopic (exact) mass is 260 g/mol. The van der Waals surface area contributed by atoms with E-state index in [1.165, 1.54) is 11.1 Å². The highest BCUT2D eigenvalue weighted by Gasteiger charge is 2.02. The van der Waals surface area contributed by atoms with E-state index in [-0.39, 0.29) is 0 Å². The number of aromatic nitrogens is 2. The first-order valence-corrected chi connectivity index (χ1v) is 6.66. The molecule has 3 rings (SSSR count). The highest BCUT2D eigenvalue weighted by atomic mass is 15.0. The van der Waals surface area contributed by atoms with Gasteiger partial charge in [0.05, 0.1) is 18.2 Å². The van der Waals surface area contributed by atoms with E-state index in [0.29, 0.717) is 0 Å². The van der Waals surface area contributed by atoms with Crippen LogP contribution in [0.5, 0.6) is 0 Å². The van der Waals surface area contributed by atoms with Crippen molar-refractivity contribution >= 4 is 11.6 Å². The smallest absolute Gasteiger partial charge is 0.0996 e. The lowest BCUT2D eigenvalue weighted by Crippen LogP contribution is -1.94. The molecular formula is C18H16N2. The standard InChI is InChI=1S/C18H16N2/c1-15(16-8-4-2-5-9-16)12-18-13-19-14-20(18)17-10-6-3-7-11-17/h2-14H,1H3/b15-12+. The lowest BCUT2D eigenvalue weighted by Gasteiger charge is -2.06. The molecule has 20 heavy (non-hydrogen) atoms. The highest BCUT2D eigenvalue weighted by molar-refractivity contribution is 5.79. The van der Waals surface area contributed by atoms with E-state index in [2.05, 4.69) is 58.9 Å². The van der Waals surface area contributed by atoms with Gasteiger partial charge in [0.1, 0.15) is 0 Å². The van der Waals surface area contributed by atoms with Crippen molar-refractivity contribution in [2.24, 2.45) is 0 Å². The third-order valence-electron chi connectivity index (χ3n) is 3.29. The summed E-state index contributed by atoms with van der Waals surface area (Å²) in [5.74, 6) is 0. The second-order valence-electron chi connectivity index (χ2n) is 4.72. The number of hydrogen-bond acceptors (Lipinski definition) is 1. The summed E-state index contributed by atoms with van der Waals surface area (Å²) in [5, 5.41) is 0. The van der Waals surface area contributed by atoms with Crippen LogP contribution in [0.3, 0.4) is 0 Å². The van der Waals surface area contributed by atoms with Crippen molar-refractivity contribution < 1.29 is 0 Å². The van der Waals surface area contributed by atoms with Gasteiger partial charge in [-0.05, 0) is 36.3 Å². The van der Waals surface area contributed by atoms with Crippen LogP contribution in [0, 0.1) is 0 Å². The van der Waals surface area contributed by atoms with Crippen LogP contribution in [-0.2, 0) is 0 Å². The minimum atomic E-state index is 1.08. The predicted octanol–water partition coefficient (Wildman–Crippen LogP) is 4.43. The molecule has 0 radical (unpaired) electrons. The first-order valence-electron chi connectivity index (χ1n) is 6.66.